The molecule has 3 nitrogen and oxygen atoms in total. The van der Waals surface area contributed by atoms with Gasteiger partial charge in [0.25, 0.3) is 0 Å². The van der Waals surface area contributed by atoms with E-state index >= 15 is 0 Å². The lowest BCUT2D eigenvalue weighted by Gasteiger charge is -2.24. The molecule has 3 heteroatoms. The van der Waals surface area contributed by atoms with Gasteiger partial charge in [-0.25, -0.2) is 0 Å². The lowest BCUT2D eigenvalue weighted by atomic mass is 9.87. The highest BCUT2D eigenvalue weighted by molar-refractivity contribution is 5.80. The summed E-state index contributed by atoms with van der Waals surface area (Å²) in [5, 5.41) is 3.48. The van der Waals surface area contributed by atoms with E-state index < -0.39 is 0 Å². The van der Waals surface area contributed by atoms with Gasteiger partial charge in [-0.3, -0.25) is 4.99 Å². The van der Waals surface area contributed by atoms with Crippen molar-refractivity contribution in [3.63, 3.8) is 0 Å². The molecular formula is C15H31N3. The zero-order chi connectivity index (χ0) is 13.5. The van der Waals surface area contributed by atoms with E-state index in [0.717, 1.165) is 24.3 Å². The van der Waals surface area contributed by atoms with Crippen LogP contribution in [0.25, 0.3) is 0 Å². The largest absolute Gasteiger partial charge is 0.356 e. The number of nitrogens with one attached hydrogen (secondary N) is 1. The van der Waals surface area contributed by atoms with E-state index in [0.29, 0.717) is 5.92 Å². The topological polar surface area (TPSA) is 27.6 Å². The van der Waals surface area contributed by atoms with Gasteiger partial charge in [0.15, 0.2) is 5.96 Å². The second kappa shape index (κ2) is 7.65. The third-order valence-corrected chi connectivity index (χ3v) is 4.12. The van der Waals surface area contributed by atoms with Crippen molar-refractivity contribution in [3.8, 4) is 0 Å². The zero-order valence-corrected chi connectivity index (χ0v) is 12.9. The SMILES string of the molecule is CCC(CC)C1CCN(C(=NC)NCC(C)C)C1. The molecule has 0 aromatic heterocycles. The van der Waals surface area contributed by atoms with Crippen LogP contribution in [0, 0.1) is 17.8 Å². The van der Waals surface area contributed by atoms with Crippen LogP contribution in [0.5, 0.6) is 0 Å². The summed E-state index contributed by atoms with van der Waals surface area (Å²) in [5.74, 6) is 3.51. The maximum absolute atomic E-state index is 4.42. The Hall–Kier alpha value is -0.730. The minimum absolute atomic E-state index is 0.666. The Morgan fingerprint density at radius 1 is 1.33 bits per heavy atom. The summed E-state index contributed by atoms with van der Waals surface area (Å²) < 4.78 is 0. The Morgan fingerprint density at radius 2 is 2.00 bits per heavy atom. The molecule has 0 aromatic rings. The standard InChI is InChI=1S/C15H31N3/c1-6-13(7-2)14-8-9-18(11-14)15(16-5)17-10-12(3)4/h12-14H,6-11H2,1-5H3,(H,16,17). The Labute approximate surface area is 113 Å². The molecule has 0 bridgehead atoms. The predicted octanol–water partition coefficient (Wildman–Crippen LogP) is 2.98. The summed E-state index contributed by atoms with van der Waals surface area (Å²) >= 11 is 0. The lowest BCUT2D eigenvalue weighted by Crippen LogP contribution is -2.41. The molecule has 1 rings (SSSR count). The second-order valence-electron chi connectivity index (χ2n) is 5.89. The summed E-state index contributed by atoms with van der Waals surface area (Å²) in [4.78, 5) is 6.85. The van der Waals surface area contributed by atoms with Crippen LogP contribution in [0.15, 0.2) is 4.99 Å². The molecule has 1 aliphatic heterocycles. The molecule has 1 N–H and O–H groups in total. The van der Waals surface area contributed by atoms with Crippen LogP contribution in [0.4, 0.5) is 0 Å². The molecule has 18 heavy (non-hydrogen) atoms. The molecule has 1 saturated heterocycles. The van der Waals surface area contributed by atoms with Crippen molar-refractivity contribution in [2.24, 2.45) is 22.7 Å². The molecule has 1 heterocycles. The van der Waals surface area contributed by atoms with Crippen LogP contribution in [-0.4, -0.2) is 37.5 Å². The average molecular weight is 253 g/mol. The molecule has 0 aliphatic carbocycles. The van der Waals surface area contributed by atoms with E-state index in [2.05, 4.69) is 42.9 Å². The van der Waals surface area contributed by atoms with Gasteiger partial charge < -0.3 is 10.2 Å². The fraction of sp³-hybridized carbons (Fsp3) is 0.933. The van der Waals surface area contributed by atoms with Crippen molar-refractivity contribution >= 4 is 5.96 Å². The van der Waals surface area contributed by atoms with Crippen LogP contribution >= 0.6 is 0 Å². The number of hydrogen-bond acceptors (Lipinski definition) is 1. The third-order valence-electron chi connectivity index (χ3n) is 4.12. The monoisotopic (exact) mass is 253 g/mol. The maximum atomic E-state index is 4.42. The van der Waals surface area contributed by atoms with Crippen molar-refractivity contribution < 1.29 is 0 Å². The minimum atomic E-state index is 0.666. The summed E-state index contributed by atoms with van der Waals surface area (Å²) in [7, 11) is 1.90. The molecule has 0 aromatic carbocycles. The van der Waals surface area contributed by atoms with E-state index in [1.54, 1.807) is 0 Å². The van der Waals surface area contributed by atoms with Crippen LogP contribution in [0.2, 0.25) is 0 Å². The quantitative estimate of drug-likeness (QED) is 0.602. The van der Waals surface area contributed by atoms with E-state index in [1.807, 2.05) is 7.05 Å². The van der Waals surface area contributed by atoms with Gasteiger partial charge in [-0.2, -0.15) is 0 Å². The van der Waals surface area contributed by atoms with Crippen LogP contribution in [-0.2, 0) is 0 Å². The zero-order valence-electron chi connectivity index (χ0n) is 12.9. The van der Waals surface area contributed by atoms with E-state index in [1.165, 1.54) is 32.4 Å². The first kappa shape index (κ1) is 15.3. The van der Waals surface area contributed by atoms with Gasteiger partial charge in [-0.05, 0) is 24.2 Å². The van der Waals surface area contributed by atoms with Gasteiger partial charge in [0, 0.05) is 26.7 Å². The Bertz CT molecular complexity index is 256. The van der Waals surface area contributed by atoms with Gasteiger partial charge in [0.1, 0.15) is 0 Å². The molecule has 1 atom stereocenters. The van der Waals surface area contributed by atoms with E-state index in [9.17, 15) is 0 Å². The van der Waals surface area contributed by atoms with Crippen molar-refractivity contribution in [1.29, 1.82) is 0 Å². The van der Waals surface area contributed by atoms with E-state index in [-0.39, 0.29) is 0 Å². The van der Waals surface area contributed by atoms with Gasteiger partial charge in [0.05, 0.1) is 0 Å². The van der Waals surface area contributed by atoms with Crippen molar-refractivity contribution in [1.82, 2.24) is 10.2 Å². The van der Waals surface area contributed by atoms with Gasteiger partial charge in [-0.1, -0.05) is 40.5 Å². The van der Waals surface area contributed by atoms with Crippen LogP contribution < -0.4 is 5.32 Å². The number of hydrogen-bond donors (Lipinski definition) is 1. The predicted molar refractivity (Wildman–Crippen MR) is 80.0 cm³/mol. The summed E-state index contributed by atoms with van der Waals surface area (Å²) in [5.41, 5.74) is 0. The molecule has 0 spiro atoms. The number of rotatable bonds is 5. The highest BCUT2D eigenvalue weighted by Gasteiger charge is 2.29. The Kier molecular flexibility index (Phi) is 6.51. The third kappa shape index (κ3) is 4.18. The fourth-order valence-corrected chi connectivity index (χ4v) is 2.95. The average Bonchev–Trinajstić information content (AvgIpc) is 2.81. The maximum Gasteiger partial charge on any atom is 0.193 e. The number of likely N-dealkylation sites (tertiary alicyclic amines) is 1. The van der Waals surface area contributed by atoms with Crippen LogP contribution in [0.3, 0.4) is 0 Å². The van der Waals surface area contributed by atoms with E-state index in [4.69, 9.17) is 0 Å². The highest BCUT2D eigenvalue weighted by Crippen LogP contribution is 2.28. The number of guanidine groups is 1. The molecule has 0 saturated carbocycles. The Morgan fingerprint density at radius 3 is 2.50 bits per heavy atom. The first-order valence-electron chi connectivity index (χ1n) is 7.57. The number of aliphatic imine (C=N–C) groups is 1. The lowest BCUT2D eigenvalue weighted by molar-refractivity contribution is 0.318. The normalized spacial score (nSPS) is 21.2. The van der Waals surface area contributed by atoms with Gasteiger partial charge in [-0.15, -0.1) is 0 Å². The molecule has 1 unspecified atom stereocenters. The molecule has 0 radical (unpaired) electrons. The van der Waals surface area contributed by atoms with Gasteiger partial charge >= 0.3 is 0 Å². The fourth-order valence-electron chi connectivity index (χ4n) is 2.95. The molecule has 106 valence electrons. The first-order valence-corrected chi connectivity index (χ1v) is 7.57. The molecule has 1 aliphatic rings. The van der Waals surface area contributed by atoms with Crippen molar-refractivity contribution in [3.05, 3.63) is 0 Å². The second-order valence-corrected chi connectivity index (χ2v) is 5.89. The molecule has 0 amide bonds. The number of nitrogens with zero attached hydrogens (tertiary/aromatic N) is 2. The summed E-state index contributed by atoms with van der Waals surface area (Å²) in [6.07, 6.45) is 3.95. The first-order chi connectivity index (χ1) is 8.62. The molecule has 1 fully saturated rings. The molecular weight excluding hydrogens is 222 g/mol. The summed E-state index contributed by atoms with van der Waals surface area (Å²) in [6, 6.07) is 0. The smallest absolute Gasteiger partial charge is 0.193 e. The summed E-state index contributed by atoms with van der Waals surface area (Å²) in [6.45, 7) is 12.5. The Balaban J connectivity index is 2.48. The van der Waals surface area contributed by atoms with Crippen molar-refractivity contribution in [2.75, 3.05) is 26.7 Å². The van der Waals surface area contributed by atoms with Crippen molar-refractivity contribution in [2.45, 2.75) is 47.0 Å². The van der Waals surface area contributed by atoms with Gasteiger partial charge in [0.2, 0.25) is 0 Å². The highest BCUT2D eigenvalue weighted by atomic mass is 15.3. The van der Waals surface area contributed by atoms with Crippen LogP contribution in [0.1, 0.15) is 47.0 Å². The minimum Gasteiger partial charge on any atom is -0.356 e.